The lowest BCUT2D eigenvalue weighted by Gasteiger charge is -2.21. The van der Waals surface area contributed by atoms with Gasteiger partial charge in [-0.05, 0) is 38.8 Å². The highest BCUT2D eigenvalue weighted by atomic mass is 32.2. The van der Waals surface area contributed by atoms with Gasteiger partial charge in [-0.1, -0.05) is 19.3 Å². The lowest BCUT2D eigenvalue weighted by molar-refractivity contribution is 0.232. The predicted octanol–water partition coefficient (Wildman–Crippen LogP) is 3.88. The Morgan fingerprint density at radius 3 is 2.67 bits per heavy atom. The summed E-state index contributed by atoms with van der Waals surface area (Å²) in [7, 11) is 0. The summed E-state index contributed by atoms with van der Waals surface area (Å²) < 4.78 is 5.63. The molecule has 1 saturated carbocycles. The van der Waals surface area contributed by atoms with Crippen LogP contribution in [0.15, 0.2) is 17.2 Å². The number of aromatic nitrogens is 1. The molecular formula is C14H22N2OS. The maximum Gasteiger partial charge on any atom is 0.238 e. The van der Waals surface area contributed by atoms with E-state index in [1.54, 1.807) is 0 Å². The number of hydrogen-bond acceptors (Lipinski definition) is 4. The van der Waals surface area contributed by atoms with Crippen LogP contribution < -0.4 is 10.5 Å². The number of nitrogens with zero attached hydrogens (tertiary/aromatic N) is 1. The second-order valence-electron chi connectivity index (χ2n) is 5.09. The molecule has 3 nitrogen and oxygen atoms in total. The van der Waals surface area contributed by atoms with Crippen molar-refractivity contribution in [1.82, 2.24) is 4.98 Å². The number of nitrogens with two attached hydrogens (primary N) is 1. The number of hydrogen-bond donors (Lipinski definition) is 1. The van der Waals surface area contributed by atoms with Gasteiger partial charge in [0.1, 0.15) is 5.03 Å². The van der Waals surface area contributed by atoms with E-state index in [4.69, 9.17) is 10.5 Å². The number of ether oxygens (including phenoxy) is 1. The zero-order chi connectivity index (χ0) is 13.0. The molecule has 1 heterocycles. The highest BCUT2D eigenvalue weighted by Crippen LogP contribution is 2.34. The van der Waals surface area contributed by atoms with E-state index in [0.717, 1.165) is 5.03 Å². The van der Waals surface area contributed by atoms with Crippen LogP contribution in [0.2, 0.25) is 0 Å². The molecule has 2 N–H and O–H groups in total. The van der Waals surface area contributed by atoms with Gasteiger partial charge in [0, 0.05) is 5.25 Å². The van der Waals surface area contributed by atoms with Crippen molar-refractivity contribution < 1.29 is 4.74 Å². The molecule has 1 aromatic heterocycles. The van der Waals surface area contributed by atoms with E-state index in [9.17, 15) is 0 Å². The minimum atomic E-state index is 0.106. The fraction of sp³-hybridized carbons (Fsp3) is 0.643. The van der Waals surface area contributed by atoms with Crippen LogP contribution in [0, 0.1) is 0 Å². The van der Waals surface area contributed by atoms with Crippen LogP contribution in [0.25, 0.3) is 0 Å². The van der Waals surface area contributed by atoms with Crippen molar-refractivity contribution in [3.8, 4) is 5.88 Å². The minimum Gasteiger partial charge on any atom is -0.473 e. The third kappa shape index (κ3) is 3.80. The summed E-state index contributed by atoms with van der Waals surface area (Å²) in [6, 6.07) is 3.90. The van der Waals surface area contributed by atoms with E-state index < -0.39 is 0 Å². The zero-order valence-electron chi connectivity index (χ0n) is 11.2. The summed E-state index contributed by atoms with van der Waals surface area (Å²) in [5, 5.41) is 1.74. The van der Waals surface area contributed by atoms with Crippen LogP contribution in [0.5, 0.6) is 5.88 Å². The summed E-state index contributed by atoms with van der Waals surface area (Å²) in [4.78, 5) is 4.52. The molecule has 0 amide bonds. The molecule has 2 rings (SSSR count). The fourth-order valence-corrected chi connectivity index (χ4v) is 3.36. The fourth-order valence-electron chi connectivity index (χ4n) is 2.17. The largest absolute Gasteiger partial charge is 0.473 e. The maximum absolute atomic E-state index is 5.87. The monoisotopic (exact) mass is 266 g/mol. The van der Waals surface area contributed by atoms with Gasteiger partial charge < -0.3 is 10.5 Å². The molecule has 0 saturated heterocycles. The first-order valence-electron chi connectivity index (χ1n) is 6.75. The third-order valence-electron chi connectivity index (χ3n) is 3.05. The van der Waals surface area contributed by atoms with Crippen LogP contribution in [0.1, 0.15) is 46.0 Å². The zero-order valence-corrected chi connectivity index (χ0v) is 12.0. The molecule has 0 atom stereocenters. The second kappa shape index (κ2) is 6.32. The first-order valence-corrected chi connectivity index (χ1v) is 7.63. The summed E-state index contributed by atoms with van der Waals surface area (Å²) >= 11 is 1.87. The van der Waals surface area contributed by atoms with Crippen LogP contribution in [-0.2, 0) is 0 Å². The second-order valence-corrected chi connectivity index (χ2v) is 6.41. The normalized spacial score (nSPS) is 17.1. The molecule has 1 aliphatic rings. The molecular weight excluding hydrogens is 244 g/mol. The molecule has 0 radical (unpaired) electrons. The first kappa shape index (κ1) is 13.5. The van der Waals surface area contributed by atoms with Crippen molar-refractivity contribution >= 4 is 17.4 Å². The van der Waals surface area contributed by atoms with Crippen molar-refractivity contribution in [2.24, 2.45) is 0 Å². The Hall–Kier alpha value is -0.900. The van der Waals surface area contributed by atoms with Crippen molar-refractivity contribution in [3.05, 3.63) is 12.1 Å². The Balaban J connectivity index is 2.03. The van der Waals surface area contributed by atoms with Gasteiger partial charge in [-0.2, -0.15) is 0 Å². The van der Waals surface area contributed by atoms with E-state index in [0.29, 0.717) is 16.8 Å². The van der Waals surface area contributed by atoms with E-state index in [1.165, 1.54) is 32.1 Å². The Bertz CT molecular complexity index is 389. The summed E-state index contributed by atoms with van der Waals surface area (Å²) in [6.07, 6.45) is 6.79. The predicted molar refractivity (Wildman–Crippen MR) is 77.1 cm³/mol. The van der Waals surface area contributed by atoms with Gasteiger partial charge in [0.15, 0.2) is 0 Å². The Morgan fingerprint density at radius 2 is 2.00 bits per heavy atom. The quantitative estimate of drug-likeness (QED) is 0.898. The lowest BCUT2D eigenvalue weighted by Crippen LogP contribution is -2.11. The lowest BCUT2D eigenvalue weighted by atomic mass is 10.0. The molecule has 1 aromatic rings. The van der Waals surface area contributed by atoms with Gasteiger partial charge in [0.25, 0.3) is 0 Å². The summed E-state index contributed by atoms with van der Waals surface area (Å²) in [5.74, 6) is 0.575. The SMILES string of the molecule is CC(C)Oc1nc(SC2CCCCC2)ccc1N. The van der Waals surface area contributed by atoms with Gasteiger partial charge in [0.05, 0.1) is 11.8 Å². The summed E-state index contributed by atoms with van der Waals surface area (Å²) in [6.45, 7) is 3.98. The summed E-state index contributed by atoms with van der Waals surface area (Å²) in [5.41, 5.74) is 6.50. The van der Waals surface area contributed by atoms with E-state index >= 15 is 0 Å². The Morgan fingerprint density at radius 1 is 1.28 bits per heavy atom. The molecule has 1 fully saturated rings. The molecule has 4 heteroatoms. The van der Waals surface area contributed by atoms with Gasteiger partial charge in [0.2, 0.25) is 5.88 Å². The molecule has 0 aliphatic heterocycles. The van der Waals surface area contributed by atoms with Gasteiger partial charge in [-0.25, -0.2) is 4.98 Å². The highest BCUT2D eigenvalue weighted by molar-refractivity contribution is 7.99. The Labute approximate surface area is 114 Å². The Kier molecular flexibility index (Phi) is 4.75. The van der Waals surface area contributed by atoms with Gasteiger partial charge in [-0.15, -0.1) is 11.8 Å². The molecule has 0 bridgehead atoms. The first-order chi connectivity index (χ1) is 8.65. The van der Waals surface area contributed by atoms with Crippen LogP contribution in [0.4, 0.5) is 5.69 Å². The smallest absolute Gasteiger partial charge is 0.238 e. The number of rotatable bonds is 4. The molecule has 0 unspecified atom stereocenters. The number of nitrogen functional groups attached to an aromatic ring is 1. The molecule has 0 aromatic carbocycles. The average Bonchev–Trinajstić information content (AvgIpc) is 2.34. The molecule has 100 valence electrons. The highest BCUT2D eigenvalue weighted by Gasteiger charge is 2.16. The van der Waals surface area contributed by atoms with E-state index in [1.807, 2.05) is 37.7 Å². The van der Waals surface area contributed by atoms with Crippen molar-refractivity contribution in [3.63, 3.8) is 0 Å². The average molecular weight is 266 g/mol. The van der Waals surface area contributed by atoms with Crippen molar-refractivity contribution in [1.29, 1.82) is 0 Å². The molecule has 1 aliphatic carbocycles. The molecule has 0 spiro atoms. The number of anilines is 1. The topological polar surface area (TPSA) is 48.1 Å². The number of thioether (sulfide) groups is 1. The third-order valence-corrected chi connectivity index (χ3v) is 4.32. The van der Waals surface area contributed by atoms with Gasteiger partial charge >= 0.3 is 0 Å². The molecule has 18 heavy (non-hydrogen) atoms. The van der Waals surface area contributed by atoms with Crippen LogP contribution >= 0.6 is 11.8 Å². The van der Waals surface area contributed by atoms with E-state index in [-0.39, 0.29) is 6.10 Å². The minimum absolute atomic E-state index is 0.106. The van der Waals surface area contributed by atoms with Crippen LogP contribution in [0.3, 0.4) is 0 Å². The number of pyridine rings is 1. The standard InChI is InChI=1S/C14H22N2OS/c1-10(2)17-14-12(15)8-9-13(16-14)18-11-6-4-3-5-7-11/h8-11H,3-7,15H2,1-2H3. The maximum atomic E-state index is 5.87. The van der Waals surface area contributed by atoms with E-state index in [2.05, 4.69) is 4.98 Å². The van der Waals surface area contributed by atoms with Crippen molar-refractivity contribution in [2.75, 3.05) is 5.73 Å². The van der Waals surface area contributed by atoms with Crippen LogP contribution in [-0.4, -0.2) is 16.3 Å². The van der Waals surface area contributed by atoms with Crippen molar-refractivity contribution in [2.45, 2.75) is 62.3 Å². The van der Waals surface area contributed by atoms with Gasteiger partial charge in [-0.3, -0.25) is 0 Å².